The van der Waals surface area contributed by atoms with Gasteiger partial charge in [0.2, 0.25) is 5.91 Å². The smallest absolute Gasteiger partial charge is 0.248 e. The monoisotopic (exact) mass is 307 g/mol. The molecule has 2 heterocycles. The zero-order chi connectivity index (χ0) is 15.2. The highest BCUT2D eigenvalue weighted by molar-refractivity contribution is 7.13. The molecule has 1 amide bonds. The molecule has 0 spiro atoms. The lowest BCUT2D eigenvalue weighted by Gasteiger charge is -2.08. The molecule has 0 saturated heterocycles. The van der Waals surface area contributed by atoms with Crippen LogP contribution in [-0.2, 0) is 4.79 Å². The third kappa shape index (κ3) is 3.45. The van der Waals surface area contributed by atoms with Crippen molar-refractivity contribution in [3.63, 3.8) is 0 Å². The van der Waals surface area contributed by atoms with Crippen LogP contribution in [0.5, 0.6) is 0 Å². The SMILES string of the molecule is O=C(/C=C/c1cnccn1)Nc1ccccc1-c1cccs1. The van der Waals surface area contributed by atoms with Crippen LogP contribution in [0.3, 0.4) is 0 Å². The van der Waals surface area contributed by atoms with Gasteiger partial charge in [0.1, 0.15) is 0 Å². The Morgan fingerprint density at radius 2 is 2.05 bits per heavy atom. The van der Waals surface area contributed by atoms with Gasteiger partial charge in [-0.2, -0.15) is 0 Å². The Hall–Kier alpha value is -2.79. The van der Waals surface area contributed by atoms with Gasteiger partial charge in [-0.3, -0.25) is 14.8 Å². The second kappa shape index (κ2) is 6.78. The summed E-state index contributed by atoms with van der Waals surface area (Å²) in [7, 11) is 0. The second-order valence-corrected chi connectivity index (χ2v) is 5.42. The van der Waals surface area contributed by atoms with E-state index in [9.17, 15) is 4.79 Å². The lowest BCUT2D eigenvalue weighted by atomic mass is 10.1. The molecule has 0 aliphatic heterocycles. The summed E-state index contributed by atoms with van der Waals surface area (Å²) in [6.07, 6.45) is 7.87. The molecule has 1 aromatic carbocycles. The third-order valence-corrected chi connectivity index (χ3v) is 3.86. The maximum absolute atomic E-state index is 12.1. The van der Waals surface area contributed by atoms with Crippen molar-refractivity contribution >= 4 is 29.0 Å². The first-order chi connectivity index (χ1) is 10.8. The Balaban J connectivity index is 1.76. The number of hydrogen-bond donors (Lipinski definition) is 1. The topological polar surface area (TPSA) is 54.9 Å². The Bertz CT molecular complexity index is 783. The first-order valence-corrected chi connectivity index (χ1v) is 7.59. The second-order valence-electron chi connectivity index (χ2n) is 4.48. The van der Waals surface area contributed by atoms with Crippen LogP contribution < -0.4 is 5.32 Å². The van der Waals surface area contributed by atoms with Crippen LogP contribution in [0.15, 0.2) is 66.4 Å². The van der Waals surface area contributed by atoms with Gasteiger partial charge >= 0.3 is 0 Å². The standard InChI is InChI=1S/C17H13N3OS/c21-17(8-7-13-12-18-9-10-19-13)20-15-5-2-1-4-14(15)16-6-3-11-22-16/h1-12H,(H,20,21)/b8-7+. The summed E-state index contributed by atoms with van der Waals surface area (Å²) in [5, 5.41) is 4.92. The number of rotatable bonds is 4. The molecule has 0 bridgehead atoms. The molecule has 3 aromatic rings. The zero-order valence-corrected chi connectivity index (χ0v) is 12.5. The number of amides is 1. The van der Waals surface area contributed by atoms with E-state index in [1.807, 2.05) is 41.8 Å². The van der Waals surface area contributed by atoms with Crippen molar-refractivity contribution in [1.29, 1.82) is 0 Å². The van der Waals surface area contributed by atoms with Crippen molar-refractivity contribution in [3.8, 4) is 10.4 Å². The lowest BCUT2D eigenvalue weighted by Crippen LogP contribution is -2.08. The third-order valence-electron chi connectivity index (χ3n) is 2.96. The summed E-state index contributed by atoms with van der Waals surface area (Å²) in [5.74, 6) is -0.199. The minimum absolute atomic E-state index is 0.199. The maximum Gasteiger partial charge on any atom is 0.248 e. The number of carbonyl (C=O) groups excluding carboxylic acids is 1. The molecule has 108 valence electrons. The zero-order valence-electron chi connectivity index (χ0n) is 11.6. The van der Waals surface area contributed by atoms with Crippen molar-refractivity contribution in [2.75, 3.05) is 5.32 Å². The fourth-order valence-electron chi connectivity index (χ4n) is 1.97. The summed E-state index contributed by atoms with van der Waals surface area (Å²) >= 11 is 1.64. The molecule has 0 radical (unpaired) electrons. The average Bonchev–Trinajstić information content (AvgIpc) is 3.09. The van der Waals surface area contributed by atoms with Gasteiger partial charge in [0, 0.05) is 34.6 Å². The molecule has 2 aromatic heterocycles. The average molecular weight is 307 g/mol. The number of hydrogen-bond acceptors (Lipinski definition) is 4. The quantitative estimate of drug-likeness (QED) is 0.745. The van der Waals surface area contributed by atoms with E-state index in [2.05, 4.69) is 15.3 Å². The molecule has 0 aliphatic rings. The molecule has 0 unspecified atom stereocenters. The van der Waals surface area contributed by atoms with E-state index in [1.54, 1.807) is 36.0 Å². The van der Waals surface area contributed by atoms with Crippen LogP contribution in [0.25, 0.3) is 16.5 Å². The molecule has 1 N–H and O–H groups in total. The van der Waals surface area contributed by atoms with Gasteiger partial charge in [-0.05, 0) is 23.6 Å². The van der Waals surface area contributed by atoms with Gasteiger partial charge in [-0.25, -0.2) is 0 Å². The van der Waals surface area contributed by atoms with E-state index < -0.39 is 0 Å². The van der Waals surface area contributed by atoms with Crippen LogP contribution in [0.4, 0.5) is 5.69 Å². The van der Waals surface area contributed by atoms with E-state index in [0.29, 0.717) is 5.69 Å². The van der Waals surface area contributed by atoms with Crippen molar-refractivity contribution < 1.29 is 4.79 Å². The van der Waals surface area contributed by atoms with Gasteiger partial charge in [0.05, 0.1) is 11.9 Å². The predicted octanol–water partition coefficient (Wildman–Crippen LogP) is 3.86. The molecule has 0 aliphatic carbocycles. The van der Waals surface area contributed by atoms with Crippen LogP contribution in [-0.4, -0.2) is 15.9 Å². The highest BCUT2D eigenvalue weighted by atomic mass is 32.1. The molecule has 3 rings (SSSR count). The Morgan fingerprint density at radius 1 is 1.14 bits per heavy atom. The Morgan fingerprint density at radius 3 is 2.82 bits per heavy atom. The number of para-hydroxylation sites is 1. The minimum atomic E-state index is -0.199. The Labute approximate surface area is 132 Å². The van der Waals surface area contributed by atoms with Crippen molar-refractivity contribution in [2.24, 2.45) is 0 Å². The molecule has 5 heteroatoms. The number of anilines is 1. The lowest BCUT2D eigenvalue weighted by molar-refractivity contribution is -0.111. The fourth-order valence-corrected chi connectivity index (χ4v) is 2.74. The van der Waals surface area contributed by atoms with Crippen molar-refractivity contribution in [2.45, 2.75) is 0 Å². The highest BCUT2D eigenvalue weighted by Gasteiger charge is 2.07. The molecular formula is C17H13N3OS. The molecule has 0 atom stereocenters. The molecule has 22 heavy (non-hydrogen) atoms. The van der Waals surface area contributed by atoms with Gasteiger partial charge < -0.3 is 5.32 Å². The van der Waals surface area contributed by atoms with Crippen LogP contribution in [0, 0.1) is 0 Å². The number of nitrogens with one attached hydrogen (secondary N) is 1. The summed E-state index contributed by atoms with van der Waals surface area (Å²) in [4.78, 5) is 21.2. The molecule has 0 fully saturated rings. The van der Waals surface area contributed by atoms with E-state index in [0.717, 1.165) is 16.1 Å². The number of thiophene rings is 1. The predicted molar refractivity (Wildman–Crippen MR) is 89.5 cm³/mol. The van der Waals surface area contributed by atoms with E-state index in [-0.39, 0.29) is 5.91 Å². The number of nitrogens with zero attached hydrogens (tertiary/aromatic N) is 2. The summed E-state index contributed by atoms with van der Waals surface area (Å²) in [6.45, 7) is 0. The van der Waals surface area contributed by atoms with E-state index >= 15 is 0 Å². The number of aromatic nitrogens is 2. The van der Waals surface area contributed by atoms with Crippen LogP contribution in [0.2, 0.25) is 0 Å². The first-order valence-electron chi connectivity index (χ1n) is 6.71. The normalized spacial score (nSPS) is 10.7. The fraction of sp³-hybridized carbons (Fsp3) is 0. The van der Waals surface area contributed by atoms with Crippen molar-refractivity contribution in [3.05, 3.63) is 72.1 Å². The van der Waals surface area contributed by atoms with Crippen LogP contribution in [0.1, 0.15) is 5.69 Å². The van der Waals surface area contributed by atoms with Gasteiger partial charge in [-0.1, -0.05) is 24.3 Å². The van der Waals surface area contributed by atoms with E-state index in [1.165, 1.54) is 6.08 Å². The number of benzene rings is 1. The van der Waals surface area contributed by atoms with Crippen LogP contribution >= 0.6 is 11.3 Å². The van der Waals surface area contributed by atoms with E-state index in [4.69, 9.17) is 0 Å². The van der Waals surface area contributed by atoms with Gasteiger partial charge in [-0.15, -0.1) is 11.3 Å². The van der Waals surface area contributed by atoms with Crippen molar-refractivity contribution in [1.82, 2.24) is 9.97 Å². The largest absolute Gasteiger partial charge is 0.322 e. The minimum Gasteiger partial charge on any atom is -0.322 e. The summed E-state index contributed by atoms with van der Waals surface area (Å²) in [6, 6.07) is 11.8. The molecule has 0 saturated carbocycles. The van der Waals surface area contributed by atoms with Gasteiger partial charge in [0.15, 0.2) is 0 Å². The summed E-state index contributed by atoms with van der Waals surface area (Å²) in [5.41, 5.74) is 2.45. The summed E-state index contributed by atoms with van der Waals surface area (Å²) < 4.78 is 0. The Kier molecular flexibility index (Phi) is 4.36. The first kappa shape index (κ1) is 14.2. The molecule has 4 nitrogen and oxygen atoms in total. The maximum atomic E-state index is 12.1. The highest BCUT2D eigenvalue weighted by Crippen LogP contribution is 2.31. The number of carbonyl (C=O) groups is 1. The molecular weight excluding hydrogens is 294 g/mol. The van der Waals surface area contributed by atoms with Gasteiger partial charge in [0.25, 0.3) is 0 Å².